The molecule has 0 radical (unpaired) electrons. The van der Waals surface area contributed by atoms with Crippen LogP contribution in [0, 0.1) is 12.8 Å². The van der Waals surface area contributed by atoms with Crippen LogP contribution >= 0.6 is 23.1 Å². The lowest BCUT2D eigenvalue weighted by Crippen LogP contribution is -2.26. The fourth-order valence-electron chi connectivity index (χ4n) is 2.46. The van der Waals surface area contributed by atoms with E-state index in [4.69, 9.17) is 0 Å². The van der Waals surface area contributed by atoms with Crippen molar-refractivity contribution in [3.63, 3.8) is 0 Å². The zero-order valence-electron chi connectivity index (χ0n) is 12.5. The molecule has 2 aromatic rings. The highest BCUT2D eigenvalue weighted by Gasteiger charge is 2.43. The van der Waals surface area contributed by atoms with Crippen LogP contribution in [0.15, 0.2) is 34.7 Å². The molecule has 0 bridgehead atoms. The van der Waals surface area contributed by atoms with E-state index in [-0.39, 0.29) is 11.8 Å². The maximum Gasteiger partial charge on any atom is 0.223 e. The number of rotatable bonds is 7. The lowest BCUT2D eigenvalue weighted by Gasteiger charge is -2.04. The number of nitrogens with one attached hydrogen (secondary N) is 1. The predicted octanol–water partition coefficient (Wildman–Crippen LogP) is 3.25. The zero-order valence-corrected chi connectivity index (χ0v) is 14.1. The van der Waals surface area contributed by atoms with E-state index >= 15 is 0 Å². The first-order valence-corrected chi connectivity index (χ1v) is 9.30. The normalized spacial score (nSPS) is 19.9. The van der Waals surface area contributed by atoms with Crippen LogP contribution in [0.1, 0.15) is 29.3 Å². The molecule has 1 fully saturated rings. The van der Waals surface area contributed by atoms with Gasteiger partial charge in [0.15, 0.2) is 4.34 Å². The summed E-state index contributed by atoms with van der Waals surface area (Å²) in [4.78, 5) is 12.1. The molecule has 2 atom stereocenters. The number of carbonyl (C=O) groups is 1. The summed E-state index contributed by atoms with van der Waals surface area (Å²) in [7, 11) is 0. The predicted molar refractivity (Wildman–Crippen MR) is 90.3 cm³/mol. The molecule has 1 aromatic carbocycles. The van der Waals surface area contributed by atoms with Crippen LogP contribution in [0.4, 0.5) is 0 Å². The fourth-order valence-corrected chi connectivity index (χ4v) is 4.29. The summed E-state index contributed by atoms with van der Waals surface area (Å²) in [6.45, 7) is 2.70. The van der Waals surface area contributed by atoms with Gasteiger partial charge in [-0.1, -0.05) is 53.4 Å². The van der Waals surface area contributed by atoms with E-state index in [1.165, 1.54) is 5.56 Å². The first-order valence-electron chi connectivity index (χ1n) is 7.49. The van der Waals surface area contributed by atoms with Crippen molar-refractivity contribution in [1.29, 1.82) is 0 Å². The van der Waals surface area contributed by atoms with Gasteiger partial charge in [-0.05, 0) is 31.2 Å². The second-order valence-electron chi connectivity index (χ2n) is 5.44. The van der Waals surface area contributed by atoms with Crippen LogP contribution in [0.3, 0.4) is 0 Å². The Morgan fingerprint density at radius 2 is 2.18 bits per heavy atom. The van der Waals surface area contributed by atoms with E-state index in [2.05, 4.69) is 27.6 Å². The van der Waals surface area contributed by atoms with Gasteiger partial charge in [0.05, 0.1) is 0 Å². The summed E-state index contributed by atoms with van der Waals surface area (Å²) in [6.07, 6.45) is 1.94. The van der Waals surface area contributed by atoms with Crippen LogP contribution in [0.25, 0.3) is 0 Å². The van der Waals surface area contributed by atoms with Gasteiger partial charge in [-0.15, -0.1) is 10.2 Å². The van der Waals surface area contributed by atoms with Crippen LogP contribution in [0.5, 0.6) is 0 Å². The SMILES string of the molecule is Cc1nnc(SCCCNC(=O)[C@@H]2C[C@H]2c2ccccc2)s1. The second-order valence-corrected chi connectivity index (χ2v) is 7.96. The van der Waals surface area contributed by atoms with Gasteiger partial charge in [-0.2, -0.15) is 0 Å². The van der Waals surface area contributed by atoms with E-state index in [0.29, 0.717) is 5.92 Å². The number of hydrogen-bond acceptors (Lipinski definition) is 5. The number of carbonyl (C=O) groups excluding carboxylic acids is 1. The Kier molecular flexibility index (Phi) is 5.10. The Bertz CT molecular complexity index is 629. The van der Waals surface area contributed by atoms with Gasteiger partial charge in [0, 0.05) is 18.2 Å². The first kappa shape index (κ1) is 15.5. The number of thioether (sulfide) groups is 1. The van der Waals surface area contributed by atoms with Gasteiger partial charge >= 0.3 is 0 Å². The number of benzene rings is 1. The maximum absolute atomic E-state index is 12.1. The summed E-state index contributed by atoms with van der Waals surface area (Å²) in [6, 6.07) is 10.3. The molecule has 116 valence electrons. The van der Waals surface area contributed by atoms with Crippen molar-refractivity contribution >= 4 is 29.0 Å². The number of aromatic nitrogens is 2. The topological polar surface area (TPSA) is 54.9 Å². The second kappa shape index (κ2) is 7.24. The molecular weight excluding hydrogens is 314 g/mol. The summed E-state index contributed by atoms with van der Waals surface area (Å²) in [5.41, 5.74) is 1.28. The van der Waals surface area contributed by atoms with Crippen LogP contribution in [-0.4, -0.2) is 28.4 Å². The number of aryl methyl sites for hydroxylation is 1. The molecule has 6 heteroatoms. The van der Waals surface area contributed by atoms with E-state index in [9.17, 15) is 4.79 Å². The van der Waals surface area contributed by atoms with E-state index in [0.717, 1.165) is 34.5 Å². The highest BCUT2D eigenvalue weighted by Crippen LogP contribution is 2.47. The van der Waals surface area contributed by atoms with Crippen molar-refractivity contribution in [2.75, 3.05) is 12.3 Å². The smallest absolute Gasteiger partial charge is 0.223 e. The van der Waals surface area contributed by atoms with E-state index < -0.39 is 0 Å². The molecule has 1 heterocycles. The van der Waals surface area contributed by atoms with Gasteiger partial charge in [-0.3, -0.25) is 4.79 Å². The summed E-state index contributed by atoms with van der Waals surface area (Å²) >= 11 is 3.33. The van der Waals surface area contributed by atoms with Crippen LogP contribution in [-0.2, 0) is 4.79 Å². The highest BCUT2D eigenvalue weighted by atomic mass is 32.2. The number of amides is 1. The van der Waals surface area contributed by atoms with Crippen molar-refractivity contribution in [3.8, 4) is 0 Å². The van der Waals surface area contributed by atoms with Crippen molar-refractivity contribution in [1.82, 2.24) is 15.5 Å². The third-order valence-corrected chi connectivity index (χ3v) is 5.77. The Labute approximate surface area is 138 Å². The van der Waals surface area contributed by atoms with Crippen molar-refractivity contribution in [2.24, 2.45) is 5.92 Å². The lowest BCUT2D eigenvalue weighted by molar-refractivity contribution is -0.122. The molecule has 4 nitrogen and oxygen atoms in total. The van der Waals surface area contributed by atoms with Crippen LogP contribution < -0.4 is 5.32 Å². The van der Waals surface area contributed by atoms with Crippen molar-refractivity contribution in [2.45, 2.75) is 30.0 Å². The summed E-state index contributed by atoms with van der Waals surface area (Å²) in [5, 5.41) is 12.1. The molecule has 1 amide bonds. The monoisotopic (exact) mass is 333 g/mol. The van der Waals surface area contributed by atoms with Gasteiger partial charge < -0.3 is 5.32 Å². The minimum absolute atomic E-state index is 0.167. The number of hydrogen-bond donors (Lipinski definition) is 1. The van der Waals surface area contributed by atoms with E-state index in [1.807, 2.05) is 25.1 Å². The molecular formula is C16H19N3OS2. The van der Waals surface area contributed by atoms with Crippen molar-refractivity contribution in [3.05, 3.63) is 40.9 Å². The Morgan fingerprint density at radius 3 is 2.91 bits per heavy atom. The largest absolute Gasteiger partial charge is 0.356 e. The molecule has 0 saturated heterocycles. The Balaban J connectivity index is 1.32. The van der Waals surface area contributed by atoms with E-state index in [1.54, 1.807) is 23.1 Å². The maximum atomic E-state index is 12.1. The Morgan fingerprint density at radius 1 is 1.36 bits per heavy atom. The van der Waals surface area contributed by atoms with Gasteiger partial charge in [-0.25, -0.2) is 0 Å². The molecule has 1 saturated carbocycles. The van der Waals surface area contributed by atoms with Crippen molar-refractivity contribution < 1.29 is 4.79 Å². The van der Waals surface area contributed by atoms with Gasteiger partial charge in [0.25, 0.3) is 0 Å². The first-order chi connectivity index (χ1) is 10.7. The molecule has 1 aliphatic carbocycles. The molecule has 3 rings (SSSR count). The summed E-state index contributed by atoms with van der Waals surface area (Å²) in [5.74, 6) is 1.74. The third-order valence-electron chi connectivity index (χ3n) is 3.71. The van der Waals surface area contributed by atoms with Gasteiger partial charge in [0.2, 0.25) is 5.91 Å². The standard InChI is InChI=1S/C16H19N3OS2/c1-11-18-19-16(22-11)21-9-5-8-17-15(20)14-10-13(14)12-6-3-2-4-7-12/h2-4,6-7,13-14H,5,8-10H2,1H3,(H,17,20)/t13-,14+/m0/s1. The average molecular weight is 333 g/mol. The molecule has 1 N–H and O–H groups in total. The number of nitrogens with zero attached hydrogens (tertiary/aromatic N) is 2. The minimum Gasteiger partial charge on any atom is -0.356 e. The quantitative estimate of drug-likeness (QED) is 0.624. The third kappa shape index (κ3) is 4.08. The minimum atomic E-state index is 0.167. The van der Waals surface area contributed by atoms with Gasteiger partial charge in [0.1, 0.15) is 5.01 Å². The Hall–Kier alpha value is -1.40. The molecule has 22 heavy (non-hydrogen) atoms. The molecule has 1 aromatic heterocycles. The molecule has 1 aliphatic rings. The molecule has 0 spiro atoms. The highest BCUT2D eigenvalue weighted by molar-refractivity contribution is 8.01. The fraction of sp³-hybridized carbons (Fsp3) is 0.438. The molecule has 0 unspecified atom stereocenters. The van der Waals surface area contributed by atoms with Crippen LogP contribution in [0.2, 0.25) is 0 Å². The average Bonchev–Trinajstić information content (AvgIpc) is 3.24. The molecule has 0 aliphatic heterocycles. The summed E-state index contributed by atoms with van der Waals surface area (Å²) < 4.78 is 1.01. The zero-order chi connectivity index (χ0) is 15.4. The lowest BCUT2D eigenvalue weighted by atomic mass is 10.1.